The van der Waals surface area contributed by atoms with E-state index in [1.54, 1.807) is 0 Å². The molecule has 0 aliphatic heterocycles. The van der Waals surface area contributed by atoms with Crippen molar-refractivity contribution in [2.24, 2.45) is 18.4 Å². The highest BCUT2D eigenvalue weighted by Gasteiger charge is 2.30. The van der Waals surface area contributed by atoms with Crippen molar-refractivity contribution in [1.29, 1.82) is 0 Å². The standard InChI is InChI=1S/C21H25N3O5S2/c1-21(2,3)13-5-8-17-12(9-13)10-18(30-17)19(25)22-23-31(27,28)14-6-7-15-16(11-14)29-20(26)24(15)4/h6-7,10-11,13,23H,5,8-9H2,1-4H3,(H,22,25). The van der Waals surface area contributed by atoms with Gasteiger partial charge < -0.3 is 4.42 Å². The Kier molecular flexibility index (Phi) is 5.35. The number of rotatable bonds is 4. The second kappa shape index (κ2) is 7.61. The topological polar surface area (TPSA) is 110 Å². The summed E-state index contributed by atoms with van der Waals surface area (Å²) in [7, 11) is -2.50. The Labute approximate surface area is 184 Å². The number of benzene rings is 1. The molecule has 2 heterocycles. The van der Waals surface area contributed by atoms with Gasteiger partial charge in [0.1, 0.15) is 0 Å². The lowest BCUT2D eigenvalue weighted by Gasteiger charge is -2.33. The SMILES string of the molecule is Cn1c(=O)oc2cc(S(=O)(=O)NNC(=O)c3cc4c(s3)CCC(C(C)(C)C)C4)ccc21. The highest BCUT2D eigenvalue weighted by atomic mass is 32.2. The van der Waals surface area contributed by atoms with Gasteiger partial charge in [-0.1, -0.05) is 20.8 Å². The lowest BCUT2D eigenvalue weighted by atomic mass is 9.72. The number of thiophene rings is 1. The molecule has 1 aliphatic carbocycles. The molecule has 10 heteroatoms. The Balaban J connectivity index is 1.48. The summed E-state index contributed by atoms with van der Waals surface area (Å²) in [5, 5.41) is 0. The molecule has 1 aliphatic rings. The molecule has 0 saturated heterocycles. The molecule has 3 aromatic rings. The van der Waals surface area contributed by atoms with Gasteiger partial charge in [-0.15, -0.1) is 16.2 Å². The van der Waals surface area contributed by atoms with Crippen LogP contribution in [-0.2, 0) is 29.9 Å². The lowest BCUT2D eigenvalue weighted by Crippen LogP contribution is -2.41. The number of carbonyl (C=O) groups excluding carboxylic acids is 1. The van der Waals surface area contributed by atoms with Crippen molar-refractivity contribution in [3.8, 4) is 0 Å². The van der Waals surface area contributed by atoms with Crippen molar-refractivity contribution in [3.05, 3.63) is 50.1 Å². The van der Waals surface area contributed by atoms with Crippen molar-refractivity contribution in [3.63, 3.8) is 0 Å². The molecule has 166 valence electrons. The van der Waals surface area contributed by atoms with E-state index in [0.717, 1.165) is 19.3 Å². The molecule has 1 atom stereocenters. The molecular formula is C21H25N3O5S2. The van der Waals surface area contributed by atoms with Gasteiger partial charge in [0.25, 0.3) is 15.9 Å². The second-order valence-electron chi connectivity index (χ2n) is 8.98. The molecule has 1 amide bonds. The number of hydrazine groups is 1. The third-order valence-corrected chi connectivity index (χ3v) is 8.39. The number of nitrogens with zero attached hydrogens (tertiary/aromatic N) is 1. The fourth-order valence-corrected chi connectivity index (χ4v) is 5.85. The summed E-state index contributed by atoms with van der Waals surface area (Å²) in [6, 6.07) is 5.95. The van der Waals surface area contributed by atoms with Gasteiger partial charge in [0.15, 0.2) is 5.58 Å². The zero-order valence-electron chi connectivity index (χ0n) is 17.8. The molecule has 2 aromatic heterocycles. The van der Waals surface area contributed by atoms with Crippen LogP contribution in [0.4, 0.5) is 0 Å². The van der Waals surface area contributed by atoms with E-state index in [4.69, 9.17) is 4.42 Å². The Bertz CT molecular complexity index is 1330. The van der Waals surface area contributed by atoms with Gasteiger partial charge >= 0.3 is 5.76 Å². The van der Waals surface area contributed by atoms with E-state index >= 15 is 0 Å². The summed E-state index contributed by atoms with van der Waals surface area (Å²) in [5.74, 6) is -0.527. The number of amides is 1. The van der Waals surface area contributed by atoms with E-state index in [1.807, 2.05) is 6.07 Å². The van der Waals surface area contributed by atoms with Crippen molar-refractivity contribution in [2.45, 2.75) is 44.9 Å². The molecule has 1 aromatic carbocycles. The number of fused-ring (bicyclic) bond motifs is 2. The van der Waals surface area contributed by atoms with Crippen LogP contribution in [0.3, 0.4) is 0 Å². The first kappa shape index (κ1) is 21.8. The minimum Gasteiger partial charge on any atom is -0.408 e. The fraction of sp³-hybridized carbons (Fsp3) is 0.429. The smallest absolute Gasteiger partial charge is 0.408 e. The molecule has 0 spiro atoms. The largest absolute Gasteiger partial charge is 0.419 e. The Morgan fingerprint density at radius 1 is 1.26 bits per heavy atom. The predicted octanol–water partition coefficient (Wildman–Crippen LogP) is 2.97. The van der Waals surface area contributed by atoms with Crippen LogP contribution >= 0.6 is 11.3 Å². The maximum absolute atomic E-state index is 12.6. The van der Waals surface area contributed by atoms with Crippen molar-refractivity contribution < 1.29 is 17.6 Å². The van der Waals surface area contributed by atoms with Crippen LogP contribution in [0.15, 0.2) is 38.4 Å². The van der Waals surface area contributed by atoms with E-state index in [-0.39, 0.29) is 15.9 Å². The quantitative estimate of drug-likeness (QED) is 0.578. The number of aromatic nitrogens is 1. The number of sulfonamides is 1. The van der Waals surface area contributed by atoms with Crippen LogP contribution in [0.2, 0.25) is 0 Å². The van der Waals surface area contributed by atoms with Gasteiger partial charge in [-0.05, 0) is 54.4 Å². The number of hydrogen-bond acceptors (Lipinski definition) is 6. The highest BCUT2D eigenvalue weighted by molar-refractivity contribution is 7.89. The van der Waals surface area contributed by atoms with Gasteiger partial charge in [0, 0.05) is 18.0 Å². The van der Waals surface area contributed by atoms with Gasteiger partial charge in [-0.3, -0.25) is 14.8 Å². The molecule has 31 heavy (non-hydrogen) atoms. The van der Waals surface area contributed by atoms with E-state index in [0.29, 0.717) is 16.3 Å². The summed E-state index contributed by atoms with van der Waals surface area (Å²) < 4.78 is 31.5. The number of aryl methyl sites for hydroxylation is 2. The molecule has 0 saturated carbocycles. The van der Waals surface area contributed by atoms with Gasteiger partial charge in [0.2, 0.25) is 0 Å². The van der Waals surface area contributed by atoms with Crippen molar-refractivity contribution in [2.75, 3.05) is 0 Å². The van der Waals surface area contributed by atoms with Crippen LogP contribution in [0.5, 0.6) is 0 Å². The third kappa shape index (κ3) is 4.19. The first-order valence-electron chi connectivity index (χ1n) is 9.99. The van der Waals surface area contributed by atoms with Crippen molar-refractivity contribution in [1.82, 2.24) is 14.8 Å². The number of hydrogen-bond donors (Lipinski definition) is 2. The van der Waals surface area contributed by atoms with Crippen LogP contribution < -0.4 is 16.0 Å². The minimum absolute atomic E-state index is 0.117. The monoisotopic (exact) mass is 463 g/mol. The number of nitrogens with one attached hydrogen (secondary N) is 2. The van der Waals surface area contributed by atoms with E-state index < -0.39 is 21.7 Å². The van der Waals surface area contributed by atoms with Gasteiger partial charge in [-0.25, -0.2) is 13.2 Å². The van der Waals surface area contributed by atoms with Gasteiger partial charge in [-0.2, -0.15) is 0 Å². The van der Waals surface area contributed by atoms with Crippen LogP contribution in [0.1, 0.15) is 47.3 Å². The van der Waals surface area contributed by atoms with E-state index in [1.165, 1.54) is 51.6 Å². The molecule has 8 nitrogen and oxygen atoms in total. The summed E-state index contributed by atoms with van der Waals surface area (Å²) in [5.41, 5.74) is 4.30. The Morgan fingerprint density at radius 2 is 2.00 bits per heavy atom. The zero-order valence-corrected chi connectivity index (χ0v) is 19.4. The van der Waals surface area contributed by atoms with Crippen LogP contribution in [0.25, 0.3) is 11.1 Å². The maximum atomic E-state index is 12.6. The van der Waals surface area contributed by atoms with Gasteiger partial charge in [0.05, 0.1) is 15.3 Å². The summed E-state index contributed by atoms with van der Waals surface area (Å²) >= 11 is 1.41. The number of oxazole rings is 1. The predicted molar refractivity (Wildman–Crippen MR) is 119 cm³/mol. The van der Waals surface area contributed by atoms with Crippen LogP contribution in [0, 0.1) is 11.3 Å². The molecule has 1 unspecified atom stereocenters. The zero-order chi connectivity index (χ0) is 22.6. The van der Waals surface area contributed by atoms with E-state index in [2.05, 4.69) is 31.0 Å². The molecule has 0 fully saturated rings. The van der Waals surface area contributed by atoms with Crippen LogP contribution in [-0.4, -0.2) is 18.9 Å². The van der Waals surface area contributed by atoms with E-state index in [9.17, 15) is 18.0 Å². The third-order valence-electron chi connectivity index (χ3n) is 5.90. The lowest BCUT2D eigenvalue weighted by molar-refractivity contribution is 0.0949. The molecule has 0 bridgehead atoms. The van der Waals surface area contributed by atoms with Crippen molar-refractivity contribution >= 4 is 38.4 Å². The first-order valence-corrected chi connectivity index (χ1v) is 12.3. The average Bonchev–Trinajstić information content (AvgIpc) is 3.25. The summed E-state index contributed by atoms with van der Waals surface area (Å²) in [6.45, 7) is 6.69. The molecule has 0 radical (unpaired) electrons. The highest BCUT2D eigenvalue weighted by Crippen LogP contribution is 2.40. The molecule has 4 rings (SSSR count). The Hall–Kier alpha value is -2.43. The second-order valence-corrected chi connectivity index (χ2v) is 11.8. The minimum atomic E-state index is -4.04. The molecule has 2 N–H and O–H groups in total. The Morgan fingerprint density at radius 3 is 2.71 bits per heavy atom. The summed E-state index contributed by atoms with van der Waals surface area (Å²) in [4.78, 5) is 27.9. The molecular weight excluding hydrogens is 438 g/mol. The normalized spacial score (nSPS) is 17.0. The number of carbonyl (C=O) groups is 1. The maximum Gasteiger partial charge on any atom is 0.419 e. The first-order chi connectivity index (χ1) is 14.5. The summed E-state index contributed by atoms with van der Waals surface area (Å²) in [6.07, 6.45) is 2.95. The fourth-order valence-electron chi connectivity index (χ4n) is 3.89. The average molecular weight is 464 g/mol.